The second kappa shape index (κ2) is 9.95. The van der Waals surface area contributed by atoms with Crippen LogP contribution in [0.15, 0.2) is 54.6 Å². The Morgan fingerprint density at radius 1 is 1.07 bits per heavy atom. The number of ether oxygens (including phenoxy) is 1. The van der Waals surface area contributed by atoms with Crippen molar-refractivity contribution in [3.63, 3.8) is 0 Å². The van der Waals surface area contributed by atoms with E-state index in [0.717, 1.165) is 11.1 Å². The summed E-state index contributed by atoms with van der Waals surface area (Å²) >= 11 is 5.24. The van der Waals surface area contributed by atoms with Crippen molar-refractivity contribution in [2.24, 2.45) is 0 Å². The molecule has 0 bridgehead atoms. The van der Waals surface area contributed by atoms with Gasteiger partial charge in [-0.1, -0.05) is 42.0 Å². The van der Waals surface area contributed by atoms with Gasteiger partial charge in [0, 0.05) is 19.2 Å². The molecule has 2 amide bonds. The van der Waals surface area contributed by atoms with Crippen LogP contribution in [0.1, 0.15) is 21.5 Å². The molecule has 0 aliphatic carbocycles. The van der Waals surface area contributed by atoms with Crippen molar-refractivity contribution < 1.29 is 14.3 Å². The number of aryl methyl sites for hydroxylation is 1. The van der Waals surface area contributed by atoms with Gasteiger partial charge >= 0.3 is 0 Å². The highest BCUT2D eigenvalue weighted by molar-refractivity contribution is 7.80. The normalized spacial score (nSPS) is 13.9. The SMILES string of the molecule is Cc1ccc(C=CC(=O)NC(=S)Nc2ccccc2C(=O)N2CCOCC2)cc1. The third kappa shape index (κ3) is 5.97. The van der Waals surface area contributed by atoms with Crippen LogP contribution in [0.2, 0.25) is 0 Å². The van der Waals surface area contributed by atoms with Crippen LogP contribution in [0.4, 0.5) is 5.69 Å². The number of carbonyl (C=O) groups excluding carboxylic acids is 2. The van der Waals surface area contributed by atoms with Crippen LogP contribution < -0.4 is 10.6 Å². The molecule has 1 heterocycles. The highest BCUT2D eigenvalue weighted by atomic mass is 32.1. The van der Waals surface area contributed by atoms with E-state index in [1.54, 1.807) is 35.2 Å². The molecule has 0 atom stereocenters. The fraction of sp³-hybridized carbons (Fsp3) is 0.227. The Morgan fingerprint density at radius 3 is 2.48 bits per heavy atom. The van der Waals surface area contributed by atoms with Crippen molar-refractivity contribution in [3.8, 4) is 0 Å². The largest absolute Gasteiger partial charge is 0.378 e. The average Bonchev–Trinajstić information content (AvgIpc) is 2.74. The summed E-state index contributed by atoms with van der Waals surface area (Å²) in [7, 11) is 0. The van der Waals surface area contributed by atoms with E-state index >= 15 is 0 Å². The zero-order valence-electron chi connectivity index (χ0n) is 16.2. The molecule has 0 unspecified atom stereocenters. The molecule has 2 N–H and O–H groups in total. The van der Waals surface area contributed by atoms with E-state index in [1.165, 1.54) is 6.08 Å². The summed E-state index contributed by atoms with van der Waals surface area (Å²) in [6.07, 6.45) is 3.14. The van der Waals surface area contributed by atoms with Crippen LogP contribution in [0.5, 0.6) is 0 Å². The molecule has 0 spiro atoms. The maximum absolute atomic E-state index is 12.8. The summed E-state index contributed by atoms with van der Waals surface area (Å²) in [6.45, 7) is 4.18. The molecular weight excluding hydrogens is 386 g/mol. The van der Waals surface area contributed by atoms with Gasteiger partial charge in [0.25, 0.3) is 5.91 Å². The van der Waals surface area contributed by atoms with Crippen molar-refractivity contribution in [3.05, 3.63) is 71.3 Å². The van der Waals surface area contributed by atoms with Gasteiger partial charge in [-0.15, -0.1) is 0 Å². The molecule has 1 saturated heterocycles. The number of para-hydroxylation sites is 1. The number of carbonyl (C=O) groups is 2. The maximum atomic E-state index is 12.8. The molecule has 1 aliphatic rings. The van der Waals surface area contributed by atoms with Gasteiger partial charge in [-0.25, -0.2) is 0 Å². The number of anilines is 1. The lowest BCUT2D eigenvalue weighted by molar-refractivity contribution is -0.115. The topological polar surface area (TPSA) is 70.7 Å². The average molecular weight is 410 g/mol. The number of rotatable bonds is 4. The third-order valence-electron chi connectivity index (χ3n) is 4.45. The number of benzene rings is 2. The molecule has 2 aromatic rings. The quantitative estimate of drug-likeness (QED) is 0.600. The van der Waals surface area contributed by atoms with Gasteiger partial charge in [-0.05, 0) is 42.9 Å². The van der Waals surface area contributed by atoms with Crippen LogP contribution in [0.25, 0.3) is 6.08 Å². The van der Waals surface area contributed by atoms with Crippen molar-refractivity contribution in [2.75, 3.05) is 31.6 Å². The number of amides is 2. The van der Waals surface area contributed by atoms with Gasteiger partial charge in [-0.2, -0.15) is 0 Å². The number of hydrogen-bond donors (Lipinski definition) is 2. The third-order valence-corrected chi connectivity index (χ3v) is 4.65. The molecule has 1 fully saturated rings. The molecule has 150 valence electrons. The smallest absolute Gasteiger partial charge is 0.256 e. The van der Waals surface area contributed by atoms with Crippen molar-refractivity contribution >= 4 is 40.9 Å². The minimum atomic E-state index is -0.347. The number of thiocarbonyl (C=S) groups is 1. The lowest BCUT2D eigenvalue weighted by Crippen LogP contribution is -2.41. The molecule has 2 aromatic carbocycles. The lowest BCUT2D eigenvalue weighted by atomic mass is 10.1. The summed E-state index contributed by atoms with van der Waals surface area (Å²) in [5.41, 5.74) is 3.13. The first-order chi connectivity index (χ1) is 14.0. The molecule has 0 aromatic heterocycles. The standard InChI is InChI=1S/C22H23N3O3S/c1-16-6-8-17(9-7-16)10-11-20(26)24-22(29)23-19-5-3-2-4-18(19)21(27)25-12-14-28-15-13-25/h2-11H,12-15H2,1H3,(H2,23,24,26,29). The Hall–Kier alpha value is -3.03. The first-order valence-electron chi connectivity index (χ1n) is 9.36. The lowest BCUT2D eigenvalue weighted by Gasteiger charge is -2.27. The Balaban J connectivity index is 1.61. The predicted octanol–water partition coefficient (Wildman–Crippen LogP) is 2.99. The Kier molecular flexibility index (Phi) is 7.10. The van der Waals surface area contributed by atoms with E-state index in [4.69, 9.17) is 17.0 Å². The maximum Gasteiger partial charge on any atom is 0.256 e. The molecule has 0 saturated carbocycles. The van der Waals surface area contributed by atoms with Gasteiger partial charge in [-0.3, -0.25) is 14.9 Å². The van der Waals surface area contributed by atoms with Crippen molar-refractivity contribution in [2.45, 2.75) is 6.92 Å². The molecular formula is C22H23N3O3S. The van der Waals surface area contributed by atoms with Gasteiger partial charge in [0.1, 0.15) is 0 Å². The summed E-state index contributed by atoms with van der Waals surface area (Å²) in [4.78, 5) is 26.7. The fourth-order valence-electron chi connectivity index (χ4n) is 2.87. The number of morpholine rings is 1. The molecule has 6 nitrogen and oxygen atoms in total. The van der Waals surface area contributed by atoms with Gasteiger partial charge in [0.05, 0.1) is 24.5 Å². The monoisotopic (exact) mass is 409 g/mol. The minimum absolute atomic E-state index is 0.0928. The van der Waals surface area contributed by atoms with E-state index in [0.29, 0.717) is 37.6 Å². The summed E-state index contributed by atoms with van der Waals surface area (Å²) in [5.74, 6) is -0.440. The highest BCUT2D eigenvalue weighted by Crippen LogP contribution is 2.18. The minimum Gasteiger partial charge on any atom is -0.378 e. The van der Waals surface area contributed by atoms with Crippen molar-refractivity contribution in [1.82, 2.24) is 10.2 Å². The van der Waals surface area contributed by atoms with E-state index in [-0.39, 0.29) is 16.9 Å². The zero-order valence-corrected chi connectivity index (χ0v) is 17.0. The van der Waals surface area contributed by atoms with Crippen LogP contribution in [-0.2, 0) is 9.53 Å². The predicted molar refractivity (Wildman–Crippen MR) is 118 cm³/mol. The summed E-state index contributed by atoms with van der Waals surface area (Å²) in [5, 5.41) is 5.69. The molecule has 3 rings (SSSR count). The Labute approximate surface area is 175 Å². The van der Waals surface area contributed by atoms with E-state index < -0.39 is 0 Å². The Morgan fingerprint density at radius 2 is 1.76 bits per heavy atom. The van der Waals surface area contributed by atoms with Gasteiger partial charge < -0.3 is 15.0 Å². The second-order valence-corrected chi connectivity index (χ2v) is 7.05. The van der Waals surface area contributed by atoms with E-state index in [2.05, 4.69) is 10.6 Å². The van der Waals surface area contributed by atoms with Crippen LogP contribution >= 0.6 is 12.2 Å². The molecule has 1 aliphatic heterocycles. The summed E-state index contributed by atoms with van der Waals surface area (Å²) < 4.78 is 5.30. The molecule has 7 heteroatoms. The molecule has 29 heavy (non-hydrogen) atoms. The van der Waals surface area contributed by atoms with Crippen LogP contribution in [0.3, 0.4) is 0 Å². The number of hydrogen-bond acceptors (Lipinski definition) is 4. The summed E-state index contributed by atoms with van der Waals surface area (Å²) in [6, 6.07) is 14.9. The Bertz CT molecular complexity index is 919. The fourth-order valence-corrected chi connectivity index (χ4v) is 3.08. The zero-order chi connectivity index (χ0) is 20.6. The highest BCUT2D eigenvalue weighted by Gasteiger charge is 2.21. The van der Waals surface area contributed by atoms with E-state index in [9.17, 15) is 9.59 Å². The van der Waals surface area contributed by atoms with Gasteiger partial charge in [0.2, 0.25) is 5.91 Å². The molecule has 0 radical (unpaired) electrons. The van der Waals surface area contributed by atoms with Gasteiger partial charge in [0.15, 0.2) is 5.11 Å². The van der Waals surface area contributed by atoms with E-state index in [1.807, 2.05) is 31.2 Å². The second-order valence-electron chi connectivity index (χ2n) is 6.64. The first-order valence-corrected chi connectivity index (χ1v) is 9.76. The van der Waals surface area contributed by atoms with Crippen molar-refractivity contribution in [1.29, 1.82) is 0 Å². The number of nitrogens with one attached hydrogen (secondary N) is 2. The number of nitrogens with zero attached hydrogens (tertiary/aromatic N) is 1. The first kappa shape index (κ1) is 20.7. The van der Waals surface area contributed by atoms with Crippen LogP contribution in [-0.4, -0.2) is 48.1 Å². The van der Waals surface area contributed by atoms with Crippen LogP contribution in [0, 0.1) is 6.92 Å².